The zero-order valence-electron chi connectivity index (χ0n) is 18.1. The van der Waals surface area contributed by atoms with Gasteiger partial charge in [-0.25, -0.2) is 5.43 Å². The summed E-state index contributed by atoms with van der Waals surface area (Å²) in [7, 11) is 0. The summed E-state index contributed by atoms with van der Waals surface area (Å²) in [5, 5.41) is 19.9. The smallest absolute Gasteiger partial charge is 0.269 e. The van der Waals surface area contributed by atoms with Crippen molar-refractivity contribution in [3.8, 4) is 34.3 Å². The number of nitro benzene ring substituents is 1. The maximum Gasteiger partial charge on any atom is 0.269 e. The first-order chi connectivity index (χ1) is 16.6. The molecule has 4 aromatic rings. The maximum absolute atomic E-state index is 11.7. The van der Waals surface area contributed by atoms with E-state index in [2.05, 4.69) is 15.4 Å². The van der Waals surface area contributed by atoms with Crippen LogP contribution in [0.5, 0.6) is 0 Å². The number of hydrazine groups is 1. The number of rotatable bonds is 8. The molecule has 1 aromatic heterocycles. The highest BCUT2D eigenvalue weighted by Gasteiger charge is 2.20. The molecule has 0 fully saturated rings. The number of hydrogen-bond donors (Lipinski definition) is 2. The molecule has 0 aliphatic carbocycles. The predicted octanol–water partition coefficient (Wildman–Crippen LogP) is 4.75. The molecular weight excluding hydrogens is 430 g/mol. The number of non-ortho nitro benzene ring substituents is 1. The molecule has 0 atom stereocenters. The van der Waals surface area contributed by atoms with Gasteiger partial charge in [0, 0.05) is 24.4 Å². The fraction of sp³-hybridized carbons (Fsp3) is 0.0769. The molecule has 0 saturated carbocycles. The highest BCUT2D eigenvalue weighted by Crippen LogP contribution is 2.36. The summed E-state index contributed by atoms with van der Waals surface area (Å²) in [4.78, 5) is 22.5. The number of aromatic nitrogens is 1. The Bertz CT molecular complexity index is 1340. The molecule has 168 valence electrons. The van der Waals surface area contributed by atoms with Crippen LogP contribution in [0.1, 0.15) is 12.0 Å². The quantitative estimate of drug-likeness (QED) is 0.296. The minimum Gasteiger partial charge on any atom is -0.309 e. The van der Waals surface area contributed by atoms with Crippen LogP contribution in [-0.4, -0.2) is 15.4 Å². The zero-order chi connectivity index (χ0) is 23.9. The van der Waals surface area contributed by atoms with Gasteiger partial charge in [0.15, 0.2) is 0 Å². The average molecular weight is 451 g/mol. The first-order valence-electron chi connectivity index (χ1n) is 10.6. The number of nitrogens with one attached hydrogen (secondary N) is 2. The standard InChI is InChI=1S/C26H21N5O3/c27-16-15-25(32)29-28-18-21-17-24(19-7-3-1-4-8-19)30(26(21)20-9-5-2-6-10-20)22-11-13-23(14-12-22)31(33)34/h1-14,17,28H,15,18H2,(H,29,32). The summed E-state index contributed by atoms with van der Waals surface area (Å²) in [5.74, 6) is -0.415. The van der Waals surface area contributed by atoms with Gasteiger partial charge in [-0.15, -0.1) is 0 Å². The van der Waals surface area contributed by atoms with E-state index in [0.717, 1.165) is 33.8 Å². The highest BCUT2D eigenvalue weighted by atomic mass is 16.6. The van der Waals surface area contributed by atoms with Gasteiger partial charge >= 0.3 is 0 Å². The molecule has 8 heteroatoms. The van der Waals surface area contributed by atoms with Gasteiger partial charge in [0.2, 0.25) is 5.91 Å². The van der Waals surface area contributed by atoms with Crippen LogP contribution in [0.2, 0.25) is 0 Å². The van der Waals surface area contributed by atoms with Crippen molar-refractivity contribution < 1.29 is 9.72 Å². The van der Waals surface area contributed by atoms with Gasteiger partial charge < -0.3 is 4.57 Å². The lowest BCUT2D eigenvalue weighted by Crippen LogP contribution is -2.36. The molecule has 0 spiro atoms. The molecule has 8 nitrogen and oxygen atoms in total. The van der Waals surface area contributed by atoms with Crippen LogP contribution >= 0.6 is 0 Å². The minimum atomic E-state index is -0.422. The Morgan fingerprint density at radius 2 is 1.56 bits per heavy atom. The number of nitriles is 1. The number of amides is 1. The summed E-state index contributed by atoms with van der Waals surface area (Å²) in [6.07, 6.45) is -0.238. The first kappa shape index (κ1) is 22.5. The second-order valence-electron chi connectivity index (χ2n) is 7.48. The van der Waals surface area contributed by atoms with E-state index in [9.17, 15) is 14.9 Å². The molecule has 2 N–H and O–H groups in total. The van der Waals surface area contributed by atoms with Crippen molar-refractivity contribution in [3.05, 3.63) is 107 Å². The molecule has 0 unspecified atom stereocenters. The summed E-state index contributed by atoms with van der Waals surface area (Å²) in [6, 6.07) is 29.9. The van der Waals surface area contributed by atoms with Gasteiger partial charge in [-0.2, -0.15) is 5.26 Å². The molecule has 0 bridgehead atoms. The van der Waals surface area contributed by atoms with E-state index < -0.39 is 10.8 Å². The fourth-order valence-electron chi connectivity index (χ4n) is 3.77. The maximum atomic E-state index is 11.7. The Hall–Kier alpha value is -4.74. The van der Waals surface area contributed by atoms with Gasteiger partial charge in [0.25, 0.3) is 5.69 Å². The largest absolute Gasteiger partial charge is 0.309 e. The SMILES string of the molecule is N#CCC(=O)NNCc1cc(-c2ccccc2)n(-c2ccc([N+](=O)[O-])cc2)c1-c1ccccc1. The van der Waals surface area contributed by atoms with Crippen molar-refractivity contribution >= 4 is 11.6 Å². The molecule has 34 heavy (non-hydrogen) atoms. The first-order valence-corrected chi connectivity index (χ1v) is 10.6. The van der Waals surface area contributed by atoms with Crippen LogP contribution in [0.4, 0.5) is 5.69 Å². The Morgan fingerprint density at radius 1 is 0.941 bits per heavy atom. The number of nitro groups is 1. The van der Waals surface area contributed by atoms with Crippen molar-refractivity contribution in [2.24, 2.45) is 0 Å². The molecule has 1 amide bonds. The van der Waals surface area contributed by atoms with Crippen LogP contribution in [0.25, 0.3) is 28.2 Å². The van der Waals surface area contributed by atoms with Crippen molar-refractivity contribution in [3.63, 3.8) is 0 Å². The lowest BCUT2D eigenvalue weighted by molar-refractivity contribution is -0.384. The van der Waals surface area contributed by atoms with Crippen molar-refractivity contribution in [1.29, 1.82) is 5.26 Å². The number of carbonyl (C=O) groups excluding carboxylic acids is 1. The summed E-state index contributed by atoms with van der Waals surface area (Å²) >= 11 is 0. The van der Waals surface area contributed by atoms with Crippen LogP contribution in [-0.2, 0) is 11.3 Å². The molecule has 1 heterocycles. The Morgan fingerprint density at radius 3 is 2.15 bits per heavy atom. The van der Waals surface area contributed by atoms with Crippen molar-refractivity contribution in [2.75, 3.05) is 0 Å². The third-order valence-electron chi connectivity index (χ3n) is 5.26. The van der Waals surface area contributed by atoms with Crippen molar-refractivity contribution in [2.45, 2.75) is 13.0 Å². The summed E-state index contributed by atoms with van der Waals surface area (Å²) in [6.45, 7) is 0.307. The van der Waals surface area contributed by atoms with Crippen LogP contribution in [0.15, 0.2) is 91.0 Å². The van der Waals surface area contributed by atoms with Crippen LogP contribution in [0, 0.1) is 21.4 Å². The molecular formula is C26H21N5O3. The van der Waals surface area contributed by atoms with Crippen LogP contribution in [0.3, 0.4) is 0 Å². The highest BCUT2D eigenvalue weighted by molar-refractivity contribution is 5.78. The fourth-order valence-corrected chi connectivity index (χ4v) is 3.77. The van der Waals surface area contributed by atoms with Crippen molar-refractivity contribution in [1.82, 2.24) is 15.4 Å². The third kappa shape index (κ3) is 4.85. The number of carbonyl (C=O) groups is 1. The minimum absolute atomic E-state index is 0.0144. The van der Waals surface area contributed by atoms with E-state index in [1.807, 2.05) is 72.8 Å². The number of hydrogen-bond acceptors (Lipinski definition) is 5. The van der Waals surface area contributed by atoms with E-state index in [0.29, 0.717) is 6.54 Å². The second-order valence-corrected chi connectivity index (χ2v) is 7.48. The lowest BCUT2D eigenvalue weighted by Gasteiger charge is -2.16. The topological polar surface area (TPSA) is 113 Å². The Kier molecular flexibility index (Phi) is 6.77. The number of benzene rings is 3. The van der Waals surface area contributed by atoms with E-state index >= 15 is 0 Å². The average Bonchev–Trinajstić information content (AvgIpc) is 3.25. The van der Waals surface area contributed by atoms with E-state index in [4.69, 9.17) is 5.26 Å². The number of nitrogens with zero attached hydrogens (tertiary/aromatic N) is 3. The van der Waals surface area contributed by atoms with E-state index in [1.165, 1.54) is 12.1 Å². The lowest BCUT2D eigenvalue weighted by atomic mass is 10.1. The van der Waals surface area contributed by atoms with Gasteiger partial charge in [-0.05, 0) is 34.9 Å². The Labute approximate surface area is 196 Å². The second kappa shape index (κ2) is 10.3. The molecule has 0 aliphatic rings. The monoisotopic (exact) mass is 451 g/mol. The normalized spacial score (nSPS) is 10.4. The van der Waals surface area contributed by atoms with Gasteiger partial charge in [-0.1, -0.05) is 60.7 Å². The van der Waals surface area contributed by atoms with E-state index in [-0.39, 0.29) is 12.1 Å². The molecule has 3 aromatic carbocycles. The molecule has 4 rings (SSSR count). The molecule has 0 saturated heterocycles. The third-order valence-corrected chi connectivity index (χ3v) is 5.26. The molecule has 0 radical (unpaired) electrons. The molecule has 0 aliphatic heterocycles. The Balaban J connectivity index is 1.87. The van der Waals surface area contributed by atoms with Crippen LogP contribution < -0.4 is 10.9 Å². The predicted molar refractivity (Wildman–Crippen MR) is 129 cm³/mol. The summed E-state index contributed by atoms with van der Waals surface area (Å²) < 4.78 is 2.06. The summed E-state index contributed by atoms with van der Waals surface area (Å²) in [5.41, 5.74) is 10.8. The van der Waals surface area contributed by atoms with Gasteiger partial charge in [0.05, 0.1) is 22.4 Å². The van der Waals surface area contributed by atoms with Gasteiger partial charge in [-0.3, -0.25) is 20.3 Å². The van der Waals surface area contributed by atoms with Gasteiger partial charge in [0.1, 0.15) is 6.42 Å². The zero-order valence-corrected chi connectivity index (χ0v) is 18.1. The van der Waals surface area contributed by atoms with E-state index in [1.54, 1.807) is 12.1 Å².